The molecular formula is C14H12BrFN2O. The molecule has 2 aromatic rings. The van der Waals surface area contributed by atoms with Gasteiger partial charge in [-0.2, -0.15) is 0 Å². The number of hydrogen-bond acceptors (Lipinski definition) is 2. The van der Waals surface area contributed by atoms with E-state index in [1.165, 1.54) is 12.1 Å². The number of aryl methyl sites for hydroxylation is 1. The van der Waals surface area contributed by atoms with Crippen molar-refractivity contribution < 1.29 is 9.18 Å². The lowest BCUT2D eigenvalue weighted by atomic mass is 10.1. The lowest BCUT2D eigenvalue weighted by Crippen LogP contribution is -2.13. The smallest absolute Gasteiger partial charge is 0.258 e. The van der Waals surface area contributed by atoms with Gasteiger partial charge in [0, 0.05) is 15.8 Å². The van der Waals surface area contributed by atoms with E-state index >= 15 is 0 Å². The highest BCUT2D eigenvalue weighted by Gasteiger charge is 2.12. The van der Waals surface area contributed by atoms with E-state index in [1.807, 2.05) is 6.92 Å². The summed E-state index contributed by atoms with van der Waals surface area (Å²) in [6.45, 7) is 1.84. The van der Waals surface area contributed by atoms with Crippen LogP contribution in [0.2, 0.25) is 0 Å². The molecule has 3 nitrogen and oxygen atoms in total. The monoisotopic (exact) mass is 322 g/mol. The van der Waals surface area contributed by atoms with Gasteiger partial charge in [0.2, 0.25) is 0 Å². The minimum Gasteiger partial charge on any atom is -0.399 e. The summed E-state index contributed by atoms with van der Waals surface area (Å²) in [4.78, 5) is 11.9. The molecule has 0 saturated carbocycles. The Morgan fingerprint density at radius 1 is 1.26 bits per heavy atom. The summed E-state index contributed by atoms with van der Waals surface area (Å²) in [7, 11) is 0. The van der Waals surface area contributed by atoms with Gasteiger partial charge in [0.05, 0.1) is 5.56 Å². The molecule has 1 amide bonds. The largest absolute Gasteiger partial charge is 0.399 e. The van der Waals surface area contributed by atoms with E-state index in [9.17, 15) is 9.18 Å². The van der Waals surface area contributed by atoms with E-state index in [4.69, 9.17) is 5.73 Å². The summed E-state index contributed by atoms with van der Waals surface area (Å²) in [6.07, 6.45) is 0. The Morgan fingerprint density at radius 3 is 2.63 bits per heavy atom. The lowest BCUT2D eigenvalue weighted by molar-refractivity contribution is 0.102. The Bertz CT molecular complexity index is 643. The summed E-state index contributed by atoms with van der Waals surface area (Å²) >= 11 is 3.14. The molecule has 0 heterocycles. The fraction of sp³-hybridized carbons (Fsp3) is 0.0714. The van der Waals surface area contributed by atoms with Crippen LogP contribution in [0, 0.1) is 12.7 Å². The first-order chi connectivity index (χ1) is 8.97. The highest BCUT2D eigenvalue weighted by atomic mass is 79.9. The van der Waals surface area contributed by atoms with E-state index in [2.05, 4.69) is 21.2 Å². The van der Waals surface area contributed by atoms with Crippen LogP contribution in [0.1, 0.15) is 15.9 Å². The number of halogens is 2. The molecule has 3 N–H and O–H groups in total. The number of amides is 1. The predicted molar refractivity (Wildman–Crippen MR) is 77.6 cm³/mol. The van der Waals surface area contributed by atoms with Gasteiger partial charge in [-0.25, -0.2) is 4.39 Å². The molecule has 0 aliphatic carbocycles. The van der Waals surface area contributed by atoms with Crippen molar-refractivity contribution >= 4 is 33.2 Å². The molecule has 0 spiro atoms. The second kappa shape index (κ2) is 5.40. The molecule has 0 fully saturated rings. The number of nitrogens with one attached hydrogen (secondary N) is 1. The maximum Gasteiger partial charge on any atom is 0.258 e. The molecule has 0 aliphatic rings. The third kappa shape index (κ3) is 3.12. The summed E-state index contributed by atoms with van der Waals surface area (Å²) in [6, 6.07) is 9.41. The van der Waals surface area contributed by atoms with Crippen molar-refractivity contribution in [2.24, 2.45) is 0 Å². The van der Waals surface area contributed by atoms with E-state index in [-0.39, 0.29) is 5.56 Å². The van der Waals surface area contributed by atoms with Crippen molar-refractivity contribution in [2.45, 2.75) is 6.92 Å². The van der Waals surface area contributed by atoms with Crippen molar-refractivity contribution in [1.82, 2.24) is 0 Å². The van der Waals surface area contributed by atoms with Crippen LogP contribution in [0.25, 0.3) is 0 Å². The summed E-state index contributed by atoms with van der Waals surface area (Å²) < 4.78 is 14.2. The molecule has 0 bridgehead atoms. The highest BCUT2D eigenvalue weighted by molar-refractivity contribution is 9.10. The zero-order chi connectivity index (χ0) is 14.0. The van der Waals surface area contributed by atoms with E-state index in [0.717, 1.165) is 5.56 Å². The van der Waals surface area contributed by atoms with Crippen molar-refractivity contribution in [1.29, 1.82) is 0 Å². The fourth-order valence-electron chi connectivity index (χ4n) is 1.63. The number of benzene rings is 2. The van der Waals surface area contributed by atoms with Gasteiger partial charge < -0.3 is 11.1 Å². The van der Waals surface area contributed by atoms with Gasteiger partial charge in [-0.1, -0.05) is 15.9 Å². The van der Waals surface area contributed by atoms with Gasteiger partial charge in [0.1, 0.15) is 5.82 Å². The number of rotatable bonds is 2. The van der Waals surface area contributed by atoms with Crippen molar-refractivity contribution in [3.8, 4) is 0 Å². The van der Waals surface area contributed by atoms with Crippen LogP contribution in [0.15, 0.2) is 40.9 Å². The maximum absolute atomic E-state index is 13.6. The van der Waals surface area contributed by atoms with Gasteiger partial charge >= 0.3 is 0 Å². The van der Waals surface area contributed by atoms with E-state index in [1.54, 1.807) is 24.3 Å². The molecule has 2 rings (SSSR count). The van der Waals surface area contributed by atoms with Crippen LogP contribution in [-0.4, -0.2) is 5.91 Å². The molecule has 2 aromatic carbocycles. The quantitative estimate of drug-likeness (QED) is 0.828. The molecule has 0 aromatic heterocycles. The number of carbonyl (C=O) groups is 1. The molecule has 0 saturated heterocycles. The molecule has 0 aliphatic heterocycles. The van der Waals surface area contributed by atoms with Gasteiger partial charge in [0.15, 0.2) is 0 Å². The molecule has 5 heteroatoms. The van der Waals surface area contributed by atoms with Crippen LogP contribution >= 0.6 is 15.9 Å². The summed E-state index contributed by atoms with van der Waals surface area (Å²) in [5.74, 6) is -1.06. The van der Waals surface area contributed by atoms with Crippen LogP contribution < -0.4 is 11.1 Å². The predicted octanol–water partition coefficient (Wildman–Crippen LogP) is 3.73. The third-order valence-corrected chi connectivity index (χ3v) is 3.20. The summed E-state index contributed by atoms with van der Waals surface area (Å²) in [5, 5.41) is 2.64. The van der Waals surface area contributed by atoms with Gasteiger partial charge in [-0.15, -0.1) is 0 Å². The Morgan fingerprint density at radius 2 is 2.00 bits per heavy atom. The number of nitrogen functional groups attached to an aromatic ring is 1. The van der Waals surface area contributed by atoms with Crippen LogP contribution in [0.5, 0.6) is 0 Å². The first kappa shape index (κ1) is 13.5. The third-order valence-electron chi connectivity index (χ3n) is 2.70. The van der Waals surface area contributed by atoms with Crippen LogP contribution in [0.4, 0.5) is 15.8 Å². The topological polar surface area (TPSA) is 55.1 Å². The fourth-order valence-corrected chi connectivity index (χ4v) is 1.96. The van der Waals surface area contributed by atoms with E-state index in [0.29, 0.717) is 15.8 Å². The van der Waals surface area contributed by atoms with Gasteiger partial charge in [0.25, 0.3) is 5.91 Å². The first-order valence-electron chi connectivity index (χ1n) is 5.60. The Balaban J connectivity index is 2.23. The molecule has 0 atom stereocenters. The molecular weight excluding hydrogens is 311 g/mol. The molecule has 0 radical (unpaired) electrons. The molecule has 98 valence electrons. The van der Waals surface area contributed by atoms with Crippen LogP contribution in [0.3, 0.4) is 0 Å². The summed E-state index contributed by atoms with van der Waals surface area (Å²) in [5.41, 5.74) is 7.78. The Hall–Kier alpha value is -1.88. The number of nitrogens with two attached hydrogens (primary N) is 1. The zero-order valence-electron chi connectivity index (χ0n) is 10.2. The molecule has 19 heavy (non-hydrogen) atoms. The maximum atomic E-state index is 13.6. The molecule has 0 unspecified atom stereocenters. The second-order valence-electron chi connectivity index (χ2n) is 4.15. The standard InChI is InChI=1S/C14H12BrFN2O/c1-8-6-10(3-5-13(8)17)18-14(19)11-4-2-9(15)7-12(11)16/h2-7H,17H2,1H3,(H,18,19). The van der Waals surface area contributed by atoms with Gasteiger partial charge in [-0.3, -0.25) is 4.79 Å². The van der Waals surface area contributed by atoms with Crippen molar-refractivity contribution in [3.63, 3.8) is 0 Å². The number of hydrogen-bond donors (Lipinski definition) is 2. The Labute approximate surface area is 118 Å². The Kier molecular flexibility index (Phi) is 3.85. The number of carbonyl (C=O) groups excluding carboxylic acids is 1. The minimum atomic E-state index is -0.570. The normalized spacial score (nSPS) is 10.3. The van der Waals surface area contributed by atoms with Crippen molar-refractivity contribution in [3.05, 3.63) is 57.8 Å². The SMILES string of the molecule is Cc1cc(NC(=O)c2ccc(Br)cc2F)ccc1N. The number of anilines is 2. The zero-order valence-corrected chi connectivity index (χ0v) is 11.8. The van der Waals surface area contributed by atoms with Crippen molar-refractivity contribution in [2.75, 3.05) is 11.1 Å². The first-order valence-corrected chi connectivity index (χ1v) is 6.39. The lowest BCUT2D eigenvalue weighted by Gasteiger charge is -2.08. The second-order valence-corrected chi connectivity index (χ2v) is 5.07. The van der Waals surface area contributed by atoms with Crippen LogP contribution in [-0.2, 0) is 0 Å². The van der Waals surface area contributed by atoms with E-state index < -0.39 is 11.7 Å². The average molecular weight is 323 g/mol. The highest BCUT2D eigenvalue weighted by Crippen LogP contribution is 2.19. The average Bonchev–Trinajstić information content (AvgIpc) is 2.33. The minimum absolute atomic E-state index is 0.00215. The van der Waals surface area contributed by atoms with Gasteiger partial charge in [-0.05, 0) is 48.9 Å².